The Balaban J connectivity index is 1.39. The van der Waals surface area contributed by atoms with Crippen molar-refractivity contribution in [2.45, 2.75) is 6.54 Å². The largest absolute Gasteiger partial charge is 0.369 e. The van der Waals surface area contributed by atoms with Gasteiger partial charge in [0.1, 0.15) is 5.65 Å². The van der Waals surface area contributed by atoms with E-state index in [-0.39, 0.29) is 0 Å². The zero-order chi connectivity index (χ0) is 14.8. The Hall–Kier alpha value is -2.40. The van der Waals surface area contributed by atoms with Gasteiger partial charge in [-0.15, -0.1) is 0 Å². The maximum absolute atomic E-state index is 4.36. The van der Waals surface area contributed by atoms with Crippen molar-refractivity contribution in [2.75, 3.05) is 31.1 Å². The van der Waals surface area contributed by atoms with Gasteiger partial charge >= 0.3 is 0 Å². The van der Waals surface area contributed by atoms with Crippen LogP contribution in [0, 0.1) is 0 Å². The summed E-state index contributed by atoms with van der Waals surface area (Å²) in [6.45, 7) is 5.22. The second-order valence-corrected chi connectivity index (χ2v) is 5.70. The molecule has 3 aromatic rings. The summed E-state index contributed by atoms with van der Waals surface area (Å²) in [6, 6.07) is 10.5. The lowest BCUT2D eigenvalue weighted by Crippen LogP contribution is -2.46. The van der Waals surface area contributed by atoms with Gasteiger partial charge in [0.25, 0.3) is 0 Å². The van der Waals surface area contributed by atoms with E-state index < -0.39 is 0 Å². The zero-order valence-electron chi connectivity index (χ0n) is 12.4. The number of hydrogen-bond donors (Lipinski definition) is 1. The Morgan fingerprint density at radius 2 is 1.82 bits per heavy atom. The summed E-state index contributed by atoms with van der Waals surface area (Å²) < 4.78 is 0. The van der Waals surface area contributed by atoms with Gasteiger partial charge in [-0.05, 0) is 30.3 Å². The molecule has 4 heterocycles. The second-order valence-electron chi connectivity index (χ2n) is 5.70. The van der Waals surface area contributed by atoms with Crippen LogP contribution >= 0.6 is 0 Å². The number of pyridine rings is 2. The van der Waals surface area contributed by atoms with Crippen LogP contribution in [0.2, 0.25) is 0 Å². The van der Waals surface area contributed by atoms with Crippen LogP contribution in [0.25, 0.3) is 11.0 Å². The number of anilines is 1. The molecule has 1 fully saturated rings. The van der Waals surface area contributed by atoms with Crippen LogP contribution in [0.15, 0.2) is 48.9 Å². The molecule has 4 rings (SSSR count). The monoisotopic (exact) mass is 293 g/mol. The lowest BCUT2D eigenvalue weighted by Gasteiger charge is -2.35. The van der Waals surface area contributed by atoms with Gasteiger partial charge in [-0.1, -0.05) is 0 Å². The average Bonchev–Trinajstić information content (AvgIpc) is 2.98. The molecule has 0 radical (unpaired) electrons. The van der Waals surface area contributed by atoms with Crippen molar-refractivity contribution in [3.63, 3.8) is 0 Å². The predicted molar refractivity (Wildman–Crippen MR) is 87.8 cm³/mol. The average molecular weight is 293 g/mol. The molecule has 0 atom stereocenters. The highest BCUT2D eigenvalue weighted by Crippen LogP contribution is 2.17. The van der Waals surface area contributed by atoms with Crippen LogP contribution in [-0.2, 0) is 6.54 Å². The molecule has 1 aliphatic rings. The fourth-order valence-corrected chi connectivity index (χ4v) is 3.06. The third-order valence-corrected chi connectivity index (χ3v) is 4.24. The van der Waals surface area contributed by atoms with Gasteiger partial charge in [0.05, 0.1) is 0 Å². The normalized spacial score (nSPS) is 16.3. The zero-order valence-corrected chi connectivity index (χ0v) is 12.4. The van der Waals surface area contributed by atoms with E-state index in [0.29, 0.717) is 0 Å². The lowest BCUT2D eigenvalue weighted by molar-refractivity contribution is 0.247. The Morgan fingerprint density at radius 1 is 1.00 bits per heavy atom. The van der Waals surface area contributed by atoms with Crippen LogP contribution in [0.1, 0.15) is 5.69 Å². The molecule has 112 valence electrons. The topological polar surface area (TPSA) is 48.1 Å². The fraction of sp³-hybridized carbons (Fsp3) is 0.294. The van der Waals surface area contributed by atoms with Crippen LogP contribution in [0.5, 0.6) is 0 Å². The fourth-order valence-electron chi connectivity index (χ4n) is 3.06. The first-order valence-corrected chi connectivity index (χ1v) is 7.68. The number of piperazine rings is 1. The molecule has 1 N–H and O–H groups in total. The second kappa shape index (κ2) is 5.77. The molecule has 22 heavy (non-hydrogen) atoms. The number of fused-ring (bicyclic) bond motifs is 1. The quantitative estimate of drug-likeness (QED) is 0.805. The van der Waals surface area contributed by atoms with Gasteiger partial charge in [-0.3, -0.25) is 9.88 Å². The van der Waals surface area contributed by atoms with Gasteiger partial charge in [0.15, 0.2) is 0 Å². The summed E-state index contributed by atoms with van der Waals surface area (Å²) in [5.41, 5.74) is 3.49. The van der Waals surface area contributed by atoms with E-state index >= 15 is 0 Å². The van der Waals surface area contributed by atoms with Crippen molar-refractivity contribution in [1.29, 1.82) is 0 Å². The predicted octanol–water partition coefficient (Wildman–Crippen LogP) is 2.28. The third-order valence-electron chi connectivity index (χ3n) is 4.24. The minimum absolute atomic E-state index is 0.959. The summed E-state index contributed by atoms with van der Waals surface area (Å²) in [7, 11) is 0. The van der Waals surface area contributed by atoms with E-state index in [4.69, 9.17) is 0 Å². The number of H-pyrrole nitrogens is 1. The summed E-state index contributed by atoms with van der Waals surface area (Å²) >= 11 is 0. The minimum Gasteiger partial charge on any atom is -0.369 e. The lowest BCUT2D eigenvalue weighted by atomic mass is 10.2. The Morgan fingerprint density at radius 3 is 2.59 bits per heavy atom. The van der Waals surface area contributed by atoms with Crippen molar-refractivity contribution >= 4 is 16.7 Å². The van der Waals surface area contributed by atoms with Crippen LogP contribution in [0.3, 0.4) is 0 Å². The number of hydrogen-bond acceptors (Lipinski definition) is 4. The van der Waals surface area contributed by atoms with Gasteiger partial charge in [0, 0.05) is 68.1 Å². The number of nitrogens with one attached hydrogen (secondary N) is 1. The molecule has 0 aliphatic carbocycles. The van der Waals surface area contributed by atoms with Gasteiger partial charge in [-0.2, -0.15) is 0 Å². The summed E-state index contributed by atoms with van der Waals surface area (Å²) in [6.07, 6.45) is 5.55. The molecule has 1 saturated heterocycles. The summed E-state index contributed by atoms with van der Waals surface area (Å²) in [5.74, 6) is 0. The minimum atomic E-state index is 0.959. The first-order valence-electron chi connectivity index (χ1n) is 7.68. The molecule has 0 aromatic carbocycles. The van der Waals surface area contributed by atoms with Crippen molar-refractivity contribution in [1.82, 2.24) is 19.9 Å². The molecule has 3 aromatic heterocycles. The maximum Gasteiger partial charge on any atom is 0.137 e. The molecule has 0 saturated carbocycles. The van der Waals surface area contributed by atoms with Gasteiger partial charge in [-0.25, -0.2) is 4.98 Å². The molecule has 0 spiro atoms. The molecule has 5 nitrogen and oxygen atoms in total. The Bertz CT molecular complexity index is 711. The van der Waals surface area contributed by atoms with E-state index in [1.807, 2.05) is 24.7 Å². The first-order chi connectivity index (χ1) is 10.9. The highest BCUT2D eigenvalue weighted by molar-refractivity contribution is 5.76. The smallest absolute Gasteiger partial charge is 0.137 e. The Labute approximate surface area is 129 Å². The molecular weight excluding hydrogens is 274 g/mol. The maximum atomic E-state index is 4.36. The summed E-state index contributed by atoms with van der Waals surface area (Å²) in [4.78, 5) is 16.8. The molecule has 5 heteroatoms. The summed E-state index contributed by atoms with van der Waals surface area (Å²) in [5, 5.41) is 1.19. The van der Waals surface area contributed by atoms with Crippen molar-refractivity contribution in [2.24, 2.45) is 0 Å². The third kappa shape index (κ3) is 2.67. The van der Waals surface area contributed by atoms with E-state index in [9.17, 15) is 0 Å². The molecule has 0 bridgehead atoms. The Kier molecular flexibility index (Phi) is 3.48. The van der Waals surface area contributed by atoms with Crippen molar-refractivity contribution in [3.8, 4) is 0 Å². The van der Waals surface area contributed by atoms with E-state index in [2.05, 4.69) is 49.0 Å². The molecular formula is C17H19N5. The number of aromatic amines is 1. The standard InChI is InChI=1S/C17H19N5/c1-2-14-12-15(20-17(14)19-5-1)13-21-8-10-22(11-9-21)16-3-6-18-7-4-16/h1-7,12H,8-11,13H2,(H,19,20). The van der Waals surface area contributed by atoms with Crippen molar-refractivity contribution in [3.05, 3.63) is 54.6 Å². The number of rotatable bonds is 3. The number of aromatic nitrogens is 3. The van der Waals surface area contributed by atoms with Crippen LogP contribution in [-0.4, -0.2) is 46.0 Å². The van der Waals surface area contributed by atoms with E-state index in [0.717, 1.165) is 38.4 Å². The SMILES string of the molecule is c1cnc2[nH]c(CN3CCN(c4ccncc4)CC3)cc2c1. The van der Waals surface area contributed by atoms with Crippen LogP contribution in [0.4, 0.5) is 5.69 Å². The van der Waals surface area contributed by atoms with Crippen LogP contribution < -0.4 is 4.90 Å². The highest BCUT2D eigenvalue weighted by Gasteiger charge is 2.17. The molecule has 1 aliphatic heterocycles. The van der Waals surface area contributed by atoms with E-state index in [1.165, 1.54) is 16.8 Å². The van der Waals surface area contributed by atoms with E-state index in [1.54, 1.807) is 0 Å². The van der Waals surface area contributed by atoms with Crippen molar-refractivity contribution < 1.29 is 0 Å². The highest BCUT2D eigenvalue weighted by atomic mass is 15.3. The van der Waals surface area contributed by atoms with Gasteiger partial charge < -0.3 is 9.88 Å². The first kappa shape index (κ1) is 13.3. The molecule has 0 unspecified atom stereocenters. The number of nitrogens with zero attached hydrogens (tertiary/aromatic N) is 4. The van der Waals surface area contributed by atoms with Gasteiger partial charge in [0.2, 0.25) is 0 Å². The molecule has 0 amide bonds.